The average Bonchev–Trinajstić information content (AvgIpc) is 2.57. The van der Waals surface area contributed by atoms with E-state index in [0.29, 0.717) is 34.1 Å². The van der Waals surface area contributed by atoms with Crippen LogP contribution >= 0.6 is 23.2 Å². The molecule has 4 aliphatic carbocycles. The number of halogens is 2. The van der Waals surface area contributed by atoms with Crippen molar-refractivity contribution in [2.45, 2.75) is 51.0 Å². The van der Waals surface area contributed by atoms with Gasteiger partial charge in [0, 0.05) is 17.5 Å². The summed E-state index contributed by atoms with van der Waals surface area (Å²) in [4.78, 5) is 24.7. The second-order valence-electron chi connectivity index (χ2n) is 8.76. The van der Waals surface area contributed by atoms with Gasteiger partial charge in [0.1, 0.15) is 19.0 Å². The van der Waals surface area contributed by atoms with Crippen LogP contribution in [0.3, 0.4) is 0 Å². The summed E-state index contributed by atoms with van der Waals surface area (Å²) in [6, 6.07) is 5.01. The predicted molar refractivity (Wildman–Crippen MR) is 107 cm³/mol. The number of carbonyl (C=O) groups is 2. The third-order valence-electron chi connectivity index (χ3n) is 6.40. The molecule has 152 valence electrons. The van der Waals surface area contributed by atoms with Crippen LogP contribution in [-0.4, -0.2) is 30.6 Å². The van der Waals surface area contributed by atoms with Crippen LogP contribution in [-0.2, 0) is 14.3 Å². The molecule has 0 spiro atoms. The normalized spacial score (nSPS) is 32.8. The highest BCUT2D eigenvalue weighted by Crippen LogP contribution is 2.62. The number of ether oxygens (including phenoxy) is 2. The monoisotopic (exact) mass is 425 g/mol. The van der Waals surface area contributed by atoms with Crippen molar-refractivity contribution in [1.82, 2.24) is 5.32 Å². The van der Waals surface area contributed by atoms with Crippen LogP contribution < -0.4 is 10.1 Å². The Kier molecular flexibility index (Phi) is 5.25. The molecule has 0 aliphatic heterocycles. The highest BCUT2D eigenvalue weighted by molar-refractivity contribution is 6.35. The fourth-order valence-corrected chi connectivity index (χ4v) is 6.52. The maximum atomic E-state index is 13.0. The quantitative estimate of drug-likeness (QED) is 0.541. The molecule has 4 saturated carbocycles. The molecule has 0 aromatic heterocycles. The molecule has 1 aromatic rings. The molecule has 0 heterocycles. The number of nitrogens with one attached hydrogen (secondary N) is 1. The molecule has 2 atom stereocenters. The molecule has 1 N–H and O–H groups in total. The van der Waals surface area contributed by atoms with Gasteiger partial charge >= 0.3 is 5.97 Å². The van der Waals surface area contributed by atoms with Gasteiger partial charge in [-0.05, 0) is 68.6 Å². The number of amides is 1. The minimum Gasteiger partial charge on any atom is -0.488 e. The Morgan fingerprint density at radius 1 is 1.14 bits per heavy atom. The summed E-state index contributed by atoms with van der Waals surface area (Å²) in [5, 5.41) is 4.14. The Labute approximate surface area is 175 Å². The first kappa shape index (κ1) is 19.8. The Morgan fingerprint density at radius 3 is 2.50 bits per heavy atom. The van der Waals surface area contributed by atoms with E-state index in [1.165, 1.54) is 0 Å². The number of carbonyl (C=O) groups excluding carboxylic acids is 2. The molecular weight excluding hydrogens is 401 g/mol. The average molecular weight is 426 g/mol. The van der Waals surface area contributed by atoms with Crippen molar-refractivity contribution >= 4 is 35.1 Å². The first-order valence-electron chi connectivity index (χ1n) is 9.83. The third kappa shape index (κ3) is 3.84. The lowest BCUT2D eigenvalue weighted by atomic mass is 9.47. The maximum absolute atomic E-state index is 13.0. The van der Waals surface area contributed by atoms with Gasteiger partial charge in [-0.2, -0.15) is 0 Å². The van der Waals surface area contributed by atoms with Crippen LogP contribution in [0.25, 0.3) is 0 Å². The fourth-order valence-electron chi connectivity index (χ4n) is 6.05. The van der Waals surface area contributed by atoms with Crippen molar-refractivity contribution in [3.63, 3.8) is 0 Å². The minimum absolute atomic E-state index is 0.0151. The first-order valence-corrected chi connectivity index (χ1v) is 10.6. The molecule has 7 heteroatoms. The Balaban J connectivity index is 1.36. The highest BCUT2D eigenvalue weighted by Gasteiger charge is 2.61. The molecular formula is C21H25Cl2NO4. The van der Waals surface area contributed by atoms with Crippen LogP contribution in [0.5, 0.6) is 5.75 Å². The molecule has 5 nitrogen and oxygen atoms in total. The molecule has 2 unspecified atom stereocenters. The van der Waals surface area contributed by atoms with Gasteiger partial charge in [0.05, 0.1) is 10.4 Å². The van der Waals surface area contributed by atoms with Crippen LogP contribution in [0.4, 0.5) is 0 Å². The van der Waals surface area contributed by atoms with Crippen LogP contribution in [0.2, 0.25) is 10.0 Å². The summed E-state index contributed by atoms with van der Waals surface area (Å²) in [7, 11) is 0. The van der Waals surface area contributed by atoms with E-state index < -0.39 is 5.41 Å². The molecule has 1 amide bonds. The van der Waals surface area contributed by atoms with Crippen molar-refractivity contribution < 1.29 is 19.1 Å². The molecule has 1 aromatic carbocycles. The van der Waals surface area contributed by atoms with Gasteiger partial charge < -0.3 is 14.8 Å². The third-order valence-corrected chi connectivity index (χ3v) is 6.93. The van der Waals surface area contributed by atoms with E-state index in [4.69, 9.17) is 32.7 Å². The maximum Gasteiger partial charge on any atom is 0.312 e. The molecule has 28 heavy (non-hydrogen) atoms. The van der Waals surface area contributed by atoms with Crippen molar-refractivity contribution in [2.24, 2.45) is 17.3 Å². The van der Waals surface area contributed by atoms with E-state index in [-0.39, 0.29) is 30.6 Å². The van der Waals surface area contributed by atoms with Gasteiger partial charge in [-0.3, -0.25) is 9.59 Å². The number of rotatable bonds is 6. The number of esters is 1. The first-order chi connectivity index (χ1) is 13.3. The summed E-state index contributed by atoms with van der Waals surface area (Å²) in [5.41, 5.74) is -0.702. The zero-order valence-electron chi connectivity index (χ0n) is 15.9. The zero-order valence-corrected chi connectivity index (χ0v) is 17.4. The molecule has 5 rings (SSSR count). The highest BCUT2D eigenvalue weighted by atomic mass is 35.5. The standard InChI is InChI=1S/C21H25Cl2NO4/c1-13(25)24-21-10-14-6-15(11-21)9-20(8-14,12-21)19(26)28-5-4-27-18-3-2-16(22)7-17(18)23/h2-3,7,14-15H,4-6,8-12H2,1H3,(H,24,25). The molecule has 0 radical (unpaired) electrons. The van der Waals surface area contributed by atoms with Gasteiger partial charge in [0.2, 0.25) is 5.91 Å². The lowest BCUT2D eigenvalue weighted by molar-refractivity contribution is -0.176. The summed E-state index contributed by atoms with van der Waals surface area (Å²) in [5.74, 6) is 1.33. The second kappa shape index (κ2) is 7.42. The summed E-state index contributed by atoms with van der Waals surface area (Å²) < 4.78 is 11.2. The van der Waals surface area contributed by atoms with E-state index >= 15 is 0 Å². The van der Waals surface area contributed by atoms with E-state index in [9.17, 15) is 9.59 Å². The second-order valence-corrected chi connectivity index (χ2v) is 9.61. The molecule has 4 bridgehead atoms. The lowest BCUT2D eigenvalue weighted by Crippen LogP contribution is -2.64. The van der Waals surface area contributed by atoms with Crippen LogP contribution in [0, 0.1) is 17.3 Å². The van der Waals surface area contributed by atoms with E-state index in [1.807, 2.05) is 0 Å². The summed E-state index contributed by atoms with van der Waals surface area (Å²) >= 11 is 12.0. The number of hydrogen-bond acceptors (Lipinski definition) is 4. The predicted octanol–water partition coefficient (Wildman–Crippen LogP) is 4.39. The molecule has 0 saturated heterocycles. The van der Waals surface area contributed by atoms with Crippen molar-refractivity contribution in [2.75, 3.05) is 13.2 Å². The van der Waals surface area contributed by atoms with E-state index in [0.717, 1.165) is 32.1 Å². The van der Waals surface area contributed by atoms with Gasteiger partial charge in [0.25, 0.3) is 0 Å². The van der Waals surface area contributed by atoms with E-state index in [2.05, 4.69) is 5.32 Å². The fraction of sp³-hybridized carbons (Fsp3) is 0.619. The Morgan fingerprint density at radius 2 is 1.86 bits per heavy atom. The zero-order chi connectivity index (χ0) is 19.9. The molecule has 4 aliphatic rings. The van der Waals surface area contributed by atoms with Crippen molar-refractivity contribution in [1.29, 1.82) is 0 Å². The van der Waals surface area contributed by atoms with Gasteiger partial charge in [-0.1, -0.05) is 23.2 Å². The summed E-state index contributed by atoms with van der Waals surface area (Å²) in [6.45, 7) is 1.96. The Bertz CT molecular complexity index is 783. The van der Waals surface area contributed by atoms with Gasteiger partial charge in [-0.25, -0.2) is 0 Å². The van der Waals surface area contributed by atoms with Crippen LogP contribution in [0.1, 0.15) is 45.4 Å². The van der Waals surface area contributed by atoms with Gasteiger partial charge in [-0.15, -0.1) is 0 Å². The lowest BCUT2D eigenvalue weighted by Gasteiger charge is -2.60. The minimum atomic E-state index is -0.468. The van der Waals surface area contributed by atoms with Crippen LogP contribution in [0.15, 0.2) is 18.2 Å². The van der Waals surface area contributed by atoms with Crippen molar-refractivity contribution in [3.05, 3.63) is 28.2 Å². The van der Waals surface area contributed by atoms with Crippen molar-refractivity contribution in [3.8, 4) is 5.75 Å². The number of benzene rings is 1. The summed E-state index contributed by atoms with van der Waals surface area (Å²) in [6.07, 6.45) is 5.55. The smallest absolute Gasteiger partial charge is 0.312 e. The SMILES string of the molecule is CC(=O)NC12CC3CC(C1)CC(C(=O)OCCOc1ccc(Cl)cc1Cl)(C3)C2. The number of hydrogen-bond donors (Lipinski definition) is 1. The van der Waals surface area contributed by atoms with E-state index in [1.54, 1.807) is 25.1 Å². The topological polar surface area (TPSA) is 64.6 Å². The molecule has 4 fully saturated rings. The van der Waals surface area contributed by atoms with Gasteiger partial charge in [0.15, 0.2) is 0 Å². The largest absolute Gasteiger partial charge is 0.488 e. The Hall–Kier alpha value is -1.46.